The van der Waals surface area contributed by atoms with E-state index in [1.165, 1.54) is 18.2 Å². The number of benzene rings is 2. The van der Waals surface area contributed by atoms with E-state index in [4.69, 9.17) is 16.7 Å². The standard InChI is InChI=1S/C13H8BrClFNO2/c14-10-5-7(15)1-3-9(10)13(19)17-12-4-2-8(18)6-11(12)16/h1-6,18H,(H,17,19). The normalized spacial score (nSPS) is 10.3. The van der Waals surface area contributed by atoms with Gasteiger partial charge in [0.1, 0.15) is 11.6 Å². The Morgan fingerprint density at radius 1 is 1.26 bits per heavy atom. The Morgan fingerprint density at radius 2 is 2.00 bits per heavy atom. The highest BCUT2D eigenvalue weighted by Crippen LogP contribution is 2.24. The molecular formula is C13H8BrClFNO2. The highest BCUT2D eigenvalue weighted by Gasteiger charge is 2.13. The second-order valence-electron chi connectivity index (χ2n) is 3.74. The van der Waals surface area contributed by atoms with Gasteiger partial charge in [-0.3, -0.25) is 4.79 Å². The maximum absolute atomic E-state index is 13.5. The molecule has 0 aliphatic heterocycles. The van der Waals surface area contributed by atoms with Crippen molar-refractivity contribution in [1.29, 1.82) is 0 Å². The average molecular weight is 345 g/mol. The Kier molecular flexibility index (Phi) is 4.07. The molecule has 19 heavy (non-hydrogen) atoms. The van der Waals surface area contributed by atoms with E-state index in [2.05, 4.69) is 21.2 Å². The fourth-order valence-corrected chi connectivity index (χ4v) is 2.33. The van der Waals surface area contributed by atoms with Crippen LogP contribution in [0.2, 0.25) is 5.02 Å². The first-order chi connectivity index (χ1) is 8.97. The lowest BCUT2D eigenvalue weighted by molar-refractivity contribution is 0.102. The van der Waals surface area contributed by atoms with Crippen molar-refractivity contribution < 1.29 is 14.3 Å². The van der Waals surface area contributed by atoms with Crippen molar-refractivity contribution in [2.24, 2.45) is 0 Å². The van der Waals surface area contributed by atoms with Crippen LogP contribution in [0.15, 0.2) is 40.9 Å². The number of phenolic OH excluding ortho intramolecular Hbond substituents is 1. The van der Waals surface area contributed by atoms with Crippen molar-refractivity contribution >= 4 is 39.1 Å². The summed E-state index contributed by atoms with van der Waals surface area (Å²) < 4.78 is 14.0. The van der Waals surface area contributed by atoms with Gasteiger partial charge in [0.05, 0.1) is 11.3 Å². The van der Waals surface area contributed by atoms with Gasteiger partial charge < -0.3 is 10.4 Å². The van der Waals surface area contributed by atoms with Crippen LogP contribution in [0.1, 0.15) is 10.4 Å². The maximum Gasteiger partial charge on any atom is 0.256 e. The molecule has 0 aliphatic rings. The SMILES string of the molecule is O=C(Nc1ccc(O)cc1F)c1ccc(Cl)cc1Br. The molecule has 0 saturated carbocycles. The van der Waals surface area contributed by atoms with E-state index in [1.54, 1.807) is 12.1 Å². The fourth-order valence-electron chi connectivity index (χ4n) is 1.47. The van der Waals surface area contributed by atoms with E-state index in [9.17, 15) is 9.18 Å². The topological polar surface area (TPSA) is 49.3 Å². The van der Waals surface area contributed by atoms with E-state index in [0.29, 0.717) is 15.1 Å². The number of nitrogens with one attached hydrogen (secondary N) is 1. The molecule has 0 spiro atoms. The first kappa shape index (κ1) is 13.8. The van der Waals surface area contributed by atoms with Gasteiger partial charge in [0.25, 0.3) is 5.91 Å². The molecule has 0 bridgehead atoms. The van der Waals surface area contributed by atoms with Crippen molar-refractivity contribution in [2.45, 2.75) is 0 Å². The van der Waals surface area contributed by atoms with Crippen molar-refractivity contribution in [3.05, 3.63) is 57.3 Å². The summed E-state index contributed by atoms with van der Waals surface area (Å²) in [6, 6.07) is 8.16. The molecule has 1 amide bonds. The predicted molar refractivity (Wildman–Crippen MR) is 75.2 cm³/mol. The monoisotopic (exact) mass is 343 g/mol. The zero-order valence-corrected chi connectivity index (χ0v) is 11.8. The first-order valence-corrected chi connectivity index (χ1v) is 6.39. The summed E-state index contributed by atoms with van der Waals surface area (Å²) in [6.45, 7) is 0. The number of carbonyl (C=O) groups excluding carboxylic acids is 1. The number of rotatable bonds is 2. The van der Waals surface area contributed by atoms with Crippen molar-refractivity contribution in [3.8, 4) is 5.75 Å². The summed E-state index contributed by atoms with van der Waals surface area (Å²) in [5, 5.41) is 12.0. The molecular weight excluding hydrogens is 337 g/mol. The second kappa shape index (κ2) is 5.59. The van der Waals surface area contributed by atoms with Gasteiger partial charge in [-0.15, -0.1) is 0 Å². The number of hydrogen-bond acceptors (Lipinski definition) is 2. The van der Waals surface area contributed by atoms with Gasteiger partial charge >= 0.3 is 0 Å². The molecule has 2 aromatic carbocycles. The number of halogens is 3. The number of anilines is 1. The molecule has 0 fully saturated rings. The molecule has 0 aromatic heterocycles. The Hall–Kier alpha value is -1.59. The van der Waals surface area contributed by atoms with Gasteiger partial charge in [0, 0.05) is 15.6 Å². The second-order valence-corrected chi connectivity index (χ2v) is 5.03. The Labute approximate surface area is 122 Å². The molecule has 6 heteroatoms. The highest BCUT2D eigenvalue weighted by atomic mass is 79.9. The van der Waals surface area contributed by atoms with Gasteiger partial charge in [-0.2, -0.15) is 0 Å². The van der Waals surface area contributed by atoms with Crippen LogP contribution in [0.5, 0.6) is 5.75 Å². The third-order valence-corrected chi connectivity index (χ3v) is 3.27. The van der Waals surface area contributed by atoms with Crippen LogP contribution in [0.4, 0.5) is 10.1 Å². The number of amides is 1. The predicted octanol–water partition coefficient (Wildman–Crippen LogP) is 4.20. The van der Waals surface area contributed by atoms with Gasteiger partial charge in [0.15, 0.2) is 0 Å². The van der Waals surface area contributed by atoms with E-state index < -0.39 is 11.7 Å². The Bertz CT molecular complexity index is 649. The first-order valence-electron chi connectivity index (χ1n) is 5.22. The zero-order chi connectivity index (χ0) is 14.0. The van der Waals surface area contributed by atoms with Crippen molar-refractivity contribution in [2.75, 3.05) is 5.32 Å². The molecule has 2 aromatic rings. The van der Waals surface area contributed by atoms with Crippen molar-refractivity contribution in [1.82, 2.24) is 0 Å². The minimum Gasteiger partial charge on any atom is -0.508 e. The largest absolute Gasteiger partial charge is 0.508 e. The molecule has 0 saturated heterocycles. The molecule has 0 atom stereocenters. The summed E-state index contributed by atoms with van der Waals surface area (Å²) in [6.07, 6.45) is 0. The Balaban J connectivity index is 2.25. The fraction of sp³-hybridized carbons (Fsp3) is 0. The molecule has 2 N–H and O–H groups in total. The summed E-state index contributed by atoms with van der Waals surface area (Å²) in [5.41, 5.74) is 0.321. The zero-order valence-electron chi connectivity index (χ0n) is 9.45. The molecule has 0 aliphatic carbocycles. The van der Waals surface area contributed by atoms with Crippen LogP contribution in [-0.2, 0) is 0 Å². The lowest BCUT2D eigenvalue weighted by Gasteiger charge is -2.08. The van der Waals surface area contributed by atoms with Crippen LogP contribution in [-0.4, -0.2) is 11.0 Å². The summed E-state index contributed by atoms with van der Waals surface area (Å²) in [4.78, 5) is 12.0. The number of aromatic hydroxyl groups is 1. The van der Waals surface area contributed by atoms with Gasteiger partial charge in [0.2, 0.25) is 0 Å². The van der Waals surface area contributed by atoms with Crippen LogP contribution < -0.4 is 5.32 Å². The van der Waals surface area contributed by atoms with Crippen LogP contribution in [0.3, 0.4) is 0 Å². The van der Waals surface area contributed by atoms with Gasteiger partial charge in [-0.1, -0.05) is 11.6 Å². The molecule has 0 radical (unpaired) electrons. The van der Waals surface area contributed by atoms with E-state index in [1.807, 2.05) is 0 Å². The molecule has 2 rings (SSSR count). The number of phenols is 1. The third kappa shape index (κ3) is 3.24. The summed E-state index contributed by atoms with van der Waals surface area (Å²) >= 11 is 8.99. The third-order valence-electron chi connectivity index (χ3n) is 2.38. The maximum atomic E-state index is 13.5. The van der Waals surface area contributed by atoms with Gasteiger partial charge in [-0.05, 0) is 46.3 Å². The van der Waals surface area contributed by atoms with Crippen LogP contribution >= 0.6 is 27.5 Å². The summed E-state index contributed by atoms with van der Waals surface area (Å²) in [5.74, 6) is -1.39. The lowest BCUT2D eigenvalue weighted by atomic mass is 10.2. The number of hydrogen-bond donors (Lipinski definition) is 2. The number of carbonyl (C=O) groups is 1. The molecule has 98 valence electrons. The van der Waals surface area contributed by atoms with E-state index >= 15 is 0 Å². The Morgan fingerprint density at radius 3 is 2.63 bits per heavy atom. The molecule has 0 heterocycles. The van der Waals surface area contributed by atoms with Crippen molar-refractivity contribution in [3.63, 3.8) is 0 Å². The van der Waals surface area contributed by atoms with Gasteiger partial charge in [-0.25, -0.2) is 4.39 Å². The highest BCUT2D eigenvalue weighted by molar-refractivity contribution is 9.10. The van der Waals surface area contributed by atoms with E-state index in [0.717, 1.165) is 6.07 Å². The summed E-state index contributed by atoms with van der Waals surface area (Å²) in [7, 11) is 0. The smallest absolute Gasteiger partial charge is 0.256 e. The average Bonchev–Trinajstić information content (AvgIpc) is 2.32. The van der Waals surface area contributed by atoms with E-state index in [-0.39, 0.29) is 11.4 Å². The molecule has 0 unspecified atom stereocenters. The quantitative estimate of drug-likeness (QED) is 0.802. The molecule has 3 nitrogen and oxygen atoms in total. The van der Waals surface area contributed by atoms with Crippen LogP contribution in [0, 0.1) is 5.82 Å². The minimum absolute atomic E-state index is 0.00958. The minimum atomic E-state index is -0.710. The van der Waals surface area contributed by atoms with Crippen LogP contribution in [0.25, 0.3) is 0 Å². The lowest BCUT2D eigenvalue weighted by Crippen LogP contribution is -2.13.